The summed E-state index contributed by atoms with van der Waals surface area (Å²) >= 11 is 0. The predicted molar refractivity (Wildman–Crippen MR) is 113 cm³/mol. The van der Waals surface area contributed by atoms with Gasteiger partial charge in [-0.2, -0.15) is 0 Å². The van der Waals surface area contributed by atoms with Gasteiger partial charge in [-0.1, -0.05) is 65.2 Å². The molecule has 0 aromatic rings. The molecule has 0 unspecified atom stereocenters. The number of carbonyl (C=O) groups excluding carboxylic acids is 2. The number of ether oxygens (including phenoxy) is 2. The third-order valence-electron chi connectivity index (χ3n) is 4.83. The first-order valence-corrected chi connectivity index (χ1v) is 11.1. The van der Waals surface area contributed by atoms with Crippen LogP contribution in [0.1, 0.15) is 126 Å². The third kappa shape index (κ3) is 18.6. The van der Waals surface area contributed by atoms with Gasteiger partial charge in [0.05, 0.1) is 0 Å². The number of rotatable bonds is 16. The number of esters is 2. The summed E-state index contributed by atoms with van der Waals surface area (Å²) in [6, 6.07) is 0. The Morgan fingerprint density at radius 3 is 1.29 bits per heavy atom. The molecule has 4 nitrogen and oxygen atoms in total. The molecule has 0 aliphatic heterocycles. The molecular weight excluding hydrogens is 379 g/mol. The molecular formula is C23H45KO4. The fourth-order valence-electron chi connectivity index (χ4n) is 3.22. The molecule has 0 fully saturated rings. The molecule has 5 heteroatoms. The van der Waals surface area contributed by atoms with Crippen molar-refractivity contribution in [2.45, 2.75) is 136 Å². The maximum atomic E-state index is 12.1. The number of unbranched alkanes of at least 4 members (excludes halogenated alkanes) is 8. The molecule has 0 aliphatic carbocycles. The molecule has 0 heterocycles. The molecule has 0 radical (unpaired) electrons. The van der Waals surface area contributed by atoms with Gasteiger partial charge >= 0.3 is 63.3 Å². The summed E-state index contributed by atoms with van der Waals surface area (Å²) in [7, 11) is 0. The van der Waals surface area contributed by atoms with E-state index in [2.05, 4.69) is 13.8 Å². The average molecular weight is 425 g/mol. The largest absolute Gasteiger partial charge is 1.00 e. The van der Waals surface area contributed by atoms with Crippen LogP contribution in [0, 0.1) is 0 Å². The minimum atomic E-state index is -0.529. The molecule has 0 spiro atoms. The van der Waals surface area contributed by atoms with Gasteiger partial charge in [0, 0.05) is 0 Å². The van der Waals surface area contributed by atoms with Crippen molar-refractivity contribution >= 4 is 11.9 Å². The molecule has 0 aromatic heterocycles. The van der Waals surface area contributed by atoms with Crippen LogP contribution in [-0.2, 0) is 19.1 Å². The molecule has 0 atom stereocenters. The first kappa shape index (κ1) is 30.8. The molecule has 0 rings (SSSR count). The first-order valence-electron chi connectivity index (χ1n) is 11.1. The summed E-state index contributed by atoms with van der Waals surface area (Å²) in [5, 5.41) is 0. The summed E-state index contributed by atoms with van der Waals surface area (Å²) in [5.74, 6) is -0.977. The second kappa shape index (κ2) is 17.3. The molecule has 0 bridgehead atoms. The Morgan fingerprint density at radius 2 is 0.964 bits per heavy atom. The van der Waals surface area contributed by atoms with E-state index in [1.165, 1.54) is 38.5 Å². The van der Waals surface area contributed by atoms with Crippen molar-refractivity contribution in [1.29, 1.82) is 0 Å². The van der Waals surface area contributed by atoms with Crippen LogP contribution in [0.25, 0.3) is 0 Å². The van der Waals surface area contributed by atoms with Crippen molar-refractivity contribution < 1.29 is 71.9 Å². The Hall–Kier alpha value is 0.576. The zero-order chi connectivity index (χ0) is 20.8. The smallest absolute Gasteiger partial charge is 1.00 e. The van der Waals surface area contributed by atoms with Gasteiger partial charge in [-0.05, 0) is 53.4 Å². The zero-order valence-corrected chi connectivity index (χ0v) is 22.9. The van der Waals surface area contributed by atoms with Crippen LogP contribution in [0.5, 0.6) is 0 Å². The van der Waals surface area contributed by atoms with Gasteiger partial charge in [-0.3, -0.25) is 9.59 Å². The molecule has 0 amide bonds. The topological polar surface area (TPSA) is 52.6 Å². The van der Waals surface area contributed by atoms with Crippen LogP contribution in [0.2, 0.25) is 0 Å². The van der Waals surface area contributed by atoms with Crippen LogP contribution in [-0.4, -0.2) is 23.1 Å². The maximum Gasteiger partial charge on any atom is 1.00 e. The van der Waals surface area contributed by atoms with E-state index in [9.17, 15) is 9.59 Å². The summed E-state index contributed by atoms with van der Waals surface area (Å²) in [5.41, 5.74) is -1.06. The number of hydrogen-bond acceptors (Lipinski definition) is 4. The van der Waals surface area contributed by atoms with Gasteiger partial charge in [0.2, 0.25) is 0 Å². The van der Waals surface area contributed by atoms with Crippen molar-refractivity contribution in [2.24, 2.45) is 0 Å². The second-order valence-corrected chi connectivity index (χ2v) is 8.97. The summed E-state index contributed by atoms with van der Waals surface area (Å²) in [4.78, 5) is 24.2. The summed E-state index contributed by atoms with van der Waals surface area (Å²) < 4.78 is 11.0. The average Bonchev–Trinajstić information content (AvgIpc) is 2.52. The van der Waals surface area contributed by atoms with E-state index in [1.807, 2.05) is 27.7 Å². The minimum absolute atomic E-state index is 0. The van der Waals surface area contributed by atoms with Crippen LogP contribution < -0.4 is 51.4 Å². The van der Waals surface area contributed by atoms with Crippen LogP contribution in [0.4, 0.5) is 0 Å². The minimum Gasteiger partial charge on any atom is -1.00 e. The third-order valence-corrected chi connectivity index (χ3v) is 4.83. The maximum absolute atomic E-state index is 12.1. The van der Waals surface area contributed by atoms with Gasteiger partial charge in [-0.15, -0.1) is 0 Å². The van der Waals surface area contributed by atoms with E-state index in [0.29, 0.717) is 0 Å². The van der Waals surface area contributed by atoms with E-state index < -0.39 is 23.1 Å². The van der Waals surface area contributed by atoms with E-state index in [-0.39, 0.29) is 59.2 Å². The van der Waals surface area contributed by atoms with Crippen LogP contribution >= 0.6 is 0 Å². The van der Waals surface area contributed by atoms with Gasteiger partial charge in [0.25, 0.3) is 0 Å². The van der Waals surface area contributed by atoms with Gasteiger partial charge in [-0.25, -0.2) is 0 Å². The van der Waals surface area contributed by atoms with Crippen LogP contribution in [0.15, 0.2) is 0 Å². The predicted octanol–water partition coefficient (Wildman–Crippen LogP) is 3.86. The van der Waals surface area contributed by atoms with Gasteiger partial charge < -0.3 is 10.9 Å². The van der Waals surface area contributed by atoms with Gasteiger partial charge in [0.1, 0.15) is 17.6 Å². The molecule has 28 heavy (non-hydrogen) atoms. The SMILES string of the molecule is CCCCCCCC(C)(C)OC(=O)CC(=O)OC(C)(C)CCCCCCC.[H-].[K+]. The Morgan fingerprint density at radius 1 is 0.643 bits per heavy atom. The monoisotopic (exact) mass is 424 g/mol. The Labute approximate surface area is 218 Å². The van der Waals surface area contributed by atoms with E-state index in [0.717, 1.165) is 38.5 Å². The molecule has 162 valence electrons. The quantitative estimate of drug-likeness (QED) is 0.163. The molecule has 0 saturated heterocycles. The molecule has 0 saturated carbocycles. The summed E-state index contributed by atoms with van der Waals surface area (Å²) in [6.07, 6.45) is 13.1. The Balaban J connectivity index is -0.00000338. The van der Waals surface area contributed by atoms with Crippen molar-refractivity contribution in [3.8, 4) is 0 Å². The standard InChI is InChI=1S/C23H44O4.K.H/c1-7-9-11-13-15-17-22(3,4)26-20(24)19-21(25)27-23(5,6)18-16-14-12-10-8-2;;/h7-19H2,1-6H3;;/q;+1;-1. The van der Waals surface area contributed by atoms with Crippen molar-refractivity contribution in [3.05, 3.63) is 0 Å². The van der Waals surface area contributed by atoms with Crippen molar-refractivity contribution in [3.63, 3.8) is 0 Å². The van der Waals surface area contributed by atoms with E-state index in [1.54, 1.807) is 0 Å². The van der Waals surface area contributed by atoms with Crippen molar-refractivity contribution in [2.75, 3.05) is 0 Å². The van der Waals surface area contributed by atoms with E-state index >= 15 is 0 Å². The normalized spacial score (nSPS) is 11.6. The van der Waals surface area contributed by atoms with E-state index in [4.69, 9.17) is 9.47 Å². The molecule has 0 N–H and O–H groups in total. The fraction of sp³-hybridized carbons (Fsp3) is 0.913. The van der Waals surface area contributed by atoms with Crippen LogP contribution in [0.3, 0.4) is 0 Å². The van der Waals surface area contributed by atoms with Gasteiger partial charge in [0.15, 0.2) is 0 Å². The number of hydrogen-bond donors (Lipinski definition) is 0. The van der Waals surface area contributed by atoms with Crippen molar-refractivity contribution in [1.82, 2.24) is 0 Å². The number of carbonyl (C=O) groups is 2. The fourth-order valence-corrected chi connectivity index (χ4v) is 3.22. The molecule has 0 aliphatic rings. The Bertz CT molecular complexity index is 387. The summed E-state index contributed by atoms with van der Waals surface area (Å²) in [6.45, 7) is 12.0. The zero-order valence-electron chi connectivity index (χ0n) is 20.8. The molecule has 0 aromatic carbocycles. The Kier molecular flexibility index (Phi) is 19.0. The second-order valence-electron chi connectivity index (χ2n) is 8.97. The first-order chi connectivity index (χ1) is 12.6.